The summed E-state index contributed by atoms with van der Waals surface area (Å²) < 4.78 is 1.80. The van der Waals surface area contributed by atoms with Crippen molar-refractivity contribution in [3.63, 3.8) is 0 Å². The predicted octanol–water partition coefficient (Wildman–Crippen LogP) is 4.56. The maximum Gasteiger partial charge on any atom is 0.261 e. The fourth-order valence-electron chi connectivity index (χ4n) is 4.36. The lowest BCUT2D eigenvalue weighted by Gasteiger charge is -2.22. The molecule has 160 valence electrons. The Morgan fingerprint density at radius 1 is 1.13 bits per heavy atom. The molecule has 1 amide bonds. The van der Waals surface area contributed by atoms with Crippen LogP contribution in [-0.2, 0) is 11.2 Å². The highest BCUT2D eigenvalue weighted by Crippen LogP contribution is 2.35. The van der Waals surface area contributed by atoms with Gasteiger partial charge in [-0.1, -0.05) is 23.7 Å². The first-order valence-corrected chi connectivity index (χ1v) is 11.3. The van der Waals surface area contributed by atoms with Crippen LogP contribution in [0.2, 0.25) is 5.02 Å². The molecule has 5 rings (SSSR count). The second kappa shape index (κ2) is 8.35. The highest BCUT2D eigenvalue weighted by atomic mass is 35.5. The van der Waals surface area contributed by atoms with E-state index in [4.69, 9.17) is 16.6 Å². The van der Waals surface area contributed by atoms with Gasteiger partial charge in [0.15, 0.2) is 0 Å². The Balaban J connectivity index is 1.36. The summed E-state index contributed by atoms with van der Waals surface area (Å²) in [4.78, 5) is 32.8. The van der Waals surface area contributed by atoms with Crippen molar-refractivity contribution in [3.05, 3.63) is 63.7 Å². The number of nitrogens with one attached hydrogen (secondary N) is 1. The summed E-state index contributed by atoms with van der Waals surface area (Å²) in [7, 11) is 0. The van der Waals surface area contributed by atoms with E-state index in [9.17, 15) is 9.59 Å². The van der Waals surface area contributed by atoms with Gasteiger partial charge < -0.3 is 10.2 Å². The van der Waals surface area contributed by atoms with E-state index in [-0.39, 0.29) is 23.9 Å². The molecule has 1 N–H and O–H groups in total. The minimum Gasteiger partial charge on any atom is -0.370 e. The van der Waals surface area contributed by atoms with Crippen LogP contribution in [0.5, 0.6) is 0 Å². The summed E-state index contributed by atoms with van der Waals surface area (Å²) in [6.45, 7) is 1.97. The number of anilines is 2. The zero-order valence-corrected chi connectivity index (χ0v) is 18.1. The molecule has 1 saturated heterocycles. The topological polar surface area (TPSA) is 67.2 Å². The van der Waals surface area contributed by atoms with Crippen LogP contribution in [0.3, 0.4) is 0 Å². The Morgan fingerprint density at radius 3 is 2.68 bits per heavy atom. The van der Waals surface area contributed by atoms with Crippen LogP contribution >= 0.6 is 11.6 Å². The third-order valence-electron chi connectivity index (χ3n) is 6.05. The first kappa shape index (κ1) is 20.1. The number of amides is 1. The number of aromatic nitrogens is 2. The quantitative estimate of drug-likeness (QED) is 0.615. The Hall–Kier alpha value is -2.86. The predicted molar refractivity (Wildman–Crippen MR) is 124 cm³/mol. The molecule has 2 heterocycles. The summed E-state index contributed by atoms with van der Waals surface area (Å²) in [6, 6.07) is 13.3. The van der Waals surface area contributed by atoms with Crippen molar-refractivity contribution in [3.8, 4) is 0 Å². The van der Waals surface area contributed by atoms with Gasteiger partial charge in [0.2, 0.25) is 5.91 Å². The van der Waals surface area contributed by atoms with E-state index >= 15 is 0 Å². The number of halogens is 1. The van der Waals surface area contributed by atoms with Gasteiger partial charge >= 0.3 is 0 Å². The molecule has 2 aliphatic rings. The zero-order chi connectivity index (χ0) is 21.4. The molecule has 0 radical (unpaired) electrons. The number of carbonyl (C=O) groups is 1. The normalized spacial score (nSPS) is 16.1. The lowest BCUT2D eigenvalue weighted by Crippen LogP contribution is -2.26. The molecule has 3 aromatic rings. The van der Waals surface area contributed by atoms with Crippen LogP contribution in [0.25, 0.3) is 10.9 Å². The average molecular weight is 437 g/mol. The summed E-state index contributed by atoms with van der Waals surface area (Å²) in [6.07, 6.45) is 4.96. The van der Waals surface area contributed by atoms with Gasteiger partial charge in [-0.05, 0) is 56.0 Å². The fraction of sp³-hybridized carbons (Fsp3) is 0.375. The van der Waals surface area contributed by atoms with Gasteiger partial charge in [-0.25, -0.2) is 4.98 Å². The van der Waals surface area contributed by atoms with Gasteiger partial charge in [-0.3, -0.25) is 14.2 Å². The van der Waals surface area contributed by atoms with E-state index in [1.807, 2.05) is 42.5 Å². The minimum absolute atomic E-state index is 0.00494. The fourth-order valence-corrected chi connectivity index (χ4v) is 4.53. The molecule has 0 atom stereocenters. The van der Waals surface area contributed by atoms with E-state index in [2.05, 4.69) is 10.2 Å². The van der Waals surface area contributed by atoms with Gasteiger partial charge in [-0.15, -0.1) is 0 Å². The van der Waals surface area contributed by atoms with Gasteiger partial charge in [0.05, 0.1) is 22.3 Å². The van der Waals surface area contributed by atoms with Crippen LogP contribution in [0, 0.1) is 0 Å². The average Bonchev–Trinajstić information content (AvgIpc) is 3.45. The molecule has 0 spiro atoms. The van der Waals surface area contributed by atoms with Crippen LogP contribution in [0.1, 0.15) is 44.0 Å². The summed E-state index contributed by atoms with van der Waals surface area (Å²) >= 11 is 6.20. The number of nitrogens with zero attached hydrogens (tertiary/aromatic N) is 3. The van der Waals surface area contributed by atoms with Crippen molar-refractivity contribution in [2.75, 3.05) is 23.3 Å². The smallest absolute Gasteiger partial charge is 0.261 e. The van der Waals surface area contributed by atoms with E-state index in [0.717, 1.165) is 50.1 Å². The summed E-state index contributed by atoms with van der Waals surface area (Å²) in [5.41, 5.74) is 2.43. The first-order valence-electron chi connectivity index (χ1n) is 10.9. The van der Waals surface area contributed by atoms with Crippen LogP contribution in [-0.4, -0.2) is 28.5 Å². The molecular weight excluding hydrogens is 412 g/mol. The summed E-state index contributed by atoms with van der Waals surface area (Å²) in [5.74, 6) is 0.583. The molecular formula is C24H25ClN4O2. The molecule has 31 heavy (non-hydrogen) atoms. The van der Waals surface area contributed by atoms with E-state index in [0.29, 0.717) is 28.2 Å². The molecule has 1 aliphatic heterocycles. The van der Waals surface area contributed by atoms with Crippen molar-refractivity contribution in [1.29, 1.82) is 0 Å². The number of benzene rings is 2. The Morgan fingerprint density at radius 2 is 1.90 bits per heavy atom. The van der Waals surface area contributed by atoms with Crippen molar-refractivity contribution < 1.29 is 4.79 Å². The van der Waals surface area contributed by atoms with Gasteiger partial charge in [0.1, 0.15) is 5.82 Å². The van der Waals surface area contributed by atoms with E-state index in [1.54, 1.807) is 4.57 Å². The Labute approximate surface area is 185 Å². The van der Waals surface area contributed by atoms with Crippen molar-refractivity contribution in [2.45, 2.75) is 44.6 Å². The molecule has 2 aromatic carbocycles. The number of rotatable bonds is 6. The minimum atomic E-state index is -0.104. The number of para-hydroxylation sites is 1. The second-order valence-corrected chi connectivity index (χ2v) is 8.79. The number of hydrogen-bond acceptors (Lipinski definition) is 4. The van der Waals surface area contributed by atoms with Crippen molar-refractivity contribution in [1.82, 2.24) is 9.55 Å². The third-order valence-corrected chi connectivity index (χ3v) is 6.28. The molecule has 1 aromatic heterocycles. The molecule has 2 fully saturated rings. The molecule has 0 bridgehead atoms. The van der Waals surface area contributed by atoms with E-state index < -0.39 is 0 Å². The lowest BCUT2D eigenvalue weighted by atomic mass is 10.2. The molecule has 7 heteroatoms. The third kappa shape index (κ3) is 4.17. The largest absolute Gasteiger partial charge is 0.370 e. The van der Waals surface area contributed by atoms with Gasteiger partial charge in [0.25, 0.3) is 5.56 Å². The standard InChI is InChI=1S/C24H25ClN4O2/c25-16-7-10-21(28-13-3-4-14-28)20(15-16)27-23(30)12-11-22-26-19-6-2-1-5-18(19)24(31)29(22)17-8-9-17/h1-2,5-7,10,15,17H,3-4,8-9,11-14H2,(H,27,30). The van der Waals surface area contributed by atoms with Gasteiger partial charge in [0, 0.05) is 37.0 Å². The van der Waals surface area contributed by atoms with Gasteiger partial charge in [-0.2, -0.15) is 0 Å². The molecule has 1 saturated carbocycles. The first-order chi connectivity index (χ1) is 15.1. The lowest BCUT2D eigenvalue weighted by molar-refractivity contribution is -0.116. The number of fused-ring (bicyclic) bond motifs is 1. The monoisotopic (exact) mass is 436 g/mol. The summed E-state index contributed by atoms with van der Waals surface area (Å²) in [5, 5.41) is 4.26. The van der Waals surface area contributed by atoms with Crippen LogP contribution in [0.15, 0.2) is 47.3 Å². The maximum absolute atomic E-state index is 13.0. The maximum atomic E-state index is 13.0. The SMILES string of the molecule is O=C(CCc1nc2ccccc2c(=O)n1C1CC1)Nc1cc(Cl)ccc1N1CCCC1. The molecule has 1 aliphatic carbocycles. The Kier molecular flexibility index (Phi) is 5.40. The van der Waals surface area contributed by atoms with Crippen molar-refractivity contribution in [2.24, 2.45) is 0 Å². The van der Waals surface area contributed by atoms with Crippen LogP contribution in [0.4, 0.5) is 11.4 Å². The number of hydrogen-bond donors (Lipinski definition) is 1. The number of carbonyl (C=O) groups excluding carboxylic acids is 1. The van der Waals surface area contributed by atoms with Crippen LogP contribution < -0.4 is 15.8 Å². The zero-order valence-electron chi connectivity index (χ0n) is 17.3. The number of aryl methyl sites for hydroxylation is 1. The highest BCUT2D eigenvalue weighted by molar-refractivity contribution is 6.31. The van der Waals surface area contributed by atoms with Crippen molar-refractivity contribution >= 4 is 39.8 Å². The van der Waals surface area contributed by atoms with E-state index in [1.165, 1.54) is 0 Å². The molecule has 0 unspecified atom stereocenters. The highest BCUT2D eigenvalue weighted by Gasteiger charge is 2.28. The Bertz CT molecular complexity index is 1200. The second-order valence-electron chi connectivity index (χ2n) is 8.36. The molecule has 6 nitrogen and oxygen atoms in total.